The van der Waals surface area contributed by atoms with Gasteiger partial charge in [0.2, 0.25) is 0 Å². The molecule has 2 rings (SSSR count). The van der Waals surface area contributed by atoms with E-state index in [2.05, 4.69) is 0 Å². The van der Waals surface area contributed by atoms with Crippen LogP contribution in [0.3, 0.4) is 0 Å². The van der Waals surface area contributed by atoms with Gasteiger partial charge in [0.1, 0.15) is 48.8 Å². The lowest BCUT2D eigenvalue weighted by molar-refractivity contribution is -0.355. The van der Waals surface area contributed by atoms with Crippen molar-refractivity contribution in [2.45, 2.75) is 61.4 Å². The Morgan fingerprint density at radius 3 is 1.83 bits per heavy atom. The summed E-state index contributed by atoms with van der Waals surface area (Å²) in [5.41, 5.74) is 0. The molecule has 2 saturated heterocycles. The highest BCUT2D eigenvalue weighted by Gasteiger charge is 2.50. The van der Waals surface area contributed by atoms with Crippen LogP contribution < -0.4 is 0 Å². The van der Waals surface area contributed by atoms with Crippen molar-refractivity contribution in [1.29, 1.82) is 0 Å². The Balaban J connectivity index is 2.11. The van der Waals surface area contributed by atoms with Crippen molar-refractivity contribution in [3.8, 4) is 0 Å². The number of rotatable bonds is 4. The maximum Gasteiger partial charge on any atom is 0.187 e. The molecule has 0 aliphatic carbocycles. The van der Waals surface area contributed by atoms with Gasteiger partial charge in [-0.15, -0.1) is 0 Å². The molecule has 11 heteroatoms. The molecule has 136 valence electrons. The van der Waals surface area contributed by atoms with Crippen LogP contribution >= 0.6 is 0 Å². The molecular weight excluding hydrogens is 320 g/mol. The van der Waals surface area contributed by atoms with Crippen molar-refractivity contribution in [1.82, 2.24) is 0 Å². The van der Waals surface area contributed by atoms with E-state index in [-0.39, 0.29) is 0 Å². The van der Waals surface area contributed by atoms with E-state index in [0.717, 1.165) is 0 Å². The fourth-order valence-electron chi connectivity index (χ4n) is 2.57. The molecule has 0 amide bonds. The molecule has 0 aromatic heterocycles. The number of ether oxygens (including phenoxy) is 3. The predicted molar refractivity (Wildman–Crippen MR) is 68.6 cm³/mol. The van der Waals surface area contributed by atoms with Gasteiger partial charge in [-0.2, -0.15) is 0 Å². The SMILES string of the molecule is OCC1OC(O[C@@H]2C(CO)O[C@H](O)[C@H](O)[C@@H]2O)[C@@H](O)[C@@H](O)[C@@H]1O. The van der Waals surface area contributed by atoms with E-state index >= 15 is 0 Å². The van der Waals surface area contributed by atoms with Gasteiger partial charge in [-0.3, -0.25) is 0 Å². The summed E-state index contributed by atoms with van der Waals surface area (Å²) in [6, 6.07) is 0. The van der Waals surface area contributed by atoms with Gasteiger partial charge in [0.15, 0.2) is 12.6 Å². The second-order valence-corrected chi connectivity index (χ2v) is 5.53. The molecule has 0 aromatic carbocycles. The van der Waals surface area contributed by atoms with E-state index < -0.39 is 74.6 Å². The zero-order valence-corrected chi connectivity index (χ0v) is 12.0. The molecule has 23 heavy (non-hydrogen) atoms. The third kappa shape index (κ3) is 3.65. The van der Waals surface area contributed by atoms with E-state index in [0.29, 0.717) is 0 Å². The van der Waals surface area contributed by atoms with Crippen LogP contribution in [0.1, 0.15) is 0 Å². The molecular formula is C12H22O11. The Kier molecular flexibility index (Phi) is 6.27. The first kappa shape index (κ1) is 18.9. The lowest BCUT2D eigenvalue weighted by atomic mass is 9.97. The second kappa shape index (κ2) is 7.63. The summed E-state index contributed by atoms with van der Waals surface area (Å²) in [4.78, 5) is 0. The van der Waals surface area contributed by atoms with E-state index in [1.807, 2.05) is 0 Å². The van der Waals surface area contributed by atoms with Crippen molar-refractivity contribution in [3.63, 3.8) is 0 Å². The summed E-state index contributed by atoms with van der Waals surface area (Å²) in [6.45, 7) is -1.35. The minimum absolute atomic E-state index is 0.667. The first-order valence-electron chi connectivity index (χ1n) is 7.08. The highest BCUT2D eigenvalue weighted by molar-refractivity contribution is 4.93. The number of aliphatic hydroxyl groups is 8. The fourth-order valence-corrected chi connectivity index (χ4v) is 2.57. The summed E-state index contributed by atoms with van der Waals surface area (Å²) < 4.78 is 15.3. The van der Waals surface area contributed by atoms with E-state index in [9.17, 15) is 35.7 Å². The van der Waals surface area contributed by atoms with Crippen LogP contribution in [0.5, 0.6) is 0 Å². The van der Waals surface area contributed by atoms with Crippen molar-refractivity contribution in [3.05, 3.63) is 0 Å². The van der Waals surface area contributed by atoms with Gasteiger partial charge in [0.05, 0.1) is 13.2 Å². The normalized spacial score (nSPS) is 51.7. The van der Waals surface area contributed by atoms with Crippen molar-refractivity contribution in [2.75, 3.05) is 13.2 Å². The lowest BCUT2D eigenvalue weighted by Gasteiger charge is -2.45. The molecule has 11 nitrogen and oxygen atoms in total. The van der Waals surface area contributed by atoms with Gasteiger partial charge in [0.25, 0.3) is 0 Å². The molecule has 2 aliphatic rings. The maximum atomic E-state index is 9.94. The summed E-state index contributed by atoms with van der Waals surface area (Å²) in [5.74, 6) is 0. The fraction of sp³-hybridized carbons (Fsp3) is 1.00. The van der Waals surface area contributed by atoms with Crippen LogP contribution in [0.2, 0.25) is 0 Å². The Labute approximate surface area is 130 Å². The monoisotopic (exact) mass is 342 g/mol. The third-order valence-corrected chi connectivity index (χ3v) is 3.98. The number of hydrogen-bond donors (Lipinski definition) is 8. The lowest BCUT2D eigenvalue weighted by Crippen LogP contribution is -2.64. The topological polar surface area (TPSA) is 190 Å². The van der Waals surface area contributed by atoms with Gasteiger partial charge in [0, 0.05) is 0 Å². The van der Waals surface area contributed by atoms with Crippen molar-refractivity contribution >= 4 is 0 Å². The smallest absolute Gasteiger partial charge is 0.187 e. The molecule has 8 N–H and O–H groups in total. The molecule has 0 spiro atoms. The van der Waals surface area contributed by atoms with Crippen LogP contribution in [0, 0.1) is 0 Å². The number of hydrogen-bond acceptors (Lipinski definition) is 11. The Bertz CT molecular complexity index is 378. The zero-order valence-electron chi connectivity index (χ0n) is 12.0. The quantitative estimate of drug-likeness (QED) is 0.243. The van der Waals surface area contributed by atoms with E-state index in [1.165, 1.54) is 0 Å². The van der Waals surface area contributed by atoms with Gasteiger partial charge < -0.3 is 55.1 Å². The largest absolute Gasteiger partial charge is 0.394 e. The highest BCUT2D eigenvalue weighted by atomic mass is 16.7. The van der Waals surface area contributed by atoms with Gasteiger partial charge >= 0.3 is 0 Å². The van der Waals surface area contributed by atoms with E-state index in [1.54, 1.807) is 0 Å². The number of aliphatic hydroxyl groups excluding tert-OH is 8. The molecule has 0 aromatic rings. The Hall–Kier alpha value is -0.440. The molecule has 0 saturated carbocycles. The van der Waals surface area contributed by atoms with Gasteiger partial charge in [-0.25, -0.2) is 0 Å². The van der Waals surface area contributed by atoms with Gasteiger partial charge in [-0.05, 0) is 0 Å². The first-order chi connectivity index (χ1) is 10.8. The van der Waals surface area contributed by atoms with E-state index in [4.69, 9.17) is 19.3 Å². The summed E-state index contributed by atoms with van der Waals surface area (Å²) in [5, 5.41) is 76.5. The molecule has 2 aliphatic heterocycles. The zero-order chi connectivity index (χ0) is 17.3. The average molecular weight is 342 g/mol. The van der Waals surface area contributed by atoms with Crippen LogP contribution in [-0.4, -0.2) is 115 Å². The molecule has 10 atom stereocenters. The van der Waals surface area contributed by atoms with Crippen LogP contribution in [-0.2, 0) is 14.2 Å². The summed E-state index contributed by atoms with van der Waals surface area (Å²) >= 11 is 0. The van der Waals surface area contributed by atoms with Crippen LogP contribution in [0.25, 0.3) is 0 Å². The molecule has 0 radical (unpaired) electrons. The minimum atomic E-state index is -1.74. The molecule has 0 bridgehead atoms. The maximum absolute atomic E-state index is 9.94. The summed E-state index contributed by atoms with van der Waals surface area (Å²) in [6.07, 6.45) is -15.6. The van der Waals surface area contributed by atoms with Crippen molar-refractivity contribution in [2.24, 2.45) is 0 Å². The first-order valence-corrected chi connectivity index (χ1v) is 7.08. The van der Waals surface area contributed by atoms with Crippen LogP contribution in [0.15, 0.2) is 0 Å². The summed E-state index contributed by atoms with van der Waals surface area (Å²) in [7, 11) is 0. The Morgan fingerprint density at radius 2 is 1.26 bits per heavy atom. The molecule has 3 unspecified atom stereocenters. The van der Waals surface area contributed by atoms with Crippen molar-refractivity contribution < 1.29 is 55.1 Å². The third-order valence-electron chi connectivity index (χ3n) is 3.98. The standard InChI is InChI=1S/C12H22O11/c13-1-3-5(15)6(16)9(19)12(22-3)23-10-4(2-14)21-11(20)8(18)7(10)17/h3-20H,1-2H2/t3?,4?,5-,6+,7+,8-,9+,10-,11+,12?/m1/s1. The van der Waals surface area contributed by atoms with Crippen LogP contribution in [0.4, 0.5) is 0 Å². The van der Waals surface area contributed by atoms with Gasteiger partial charge in [-0.1, -0.05) is 0 Å². The second-order valence-electron chi connectivity index (χ2n) is 5.53. The molecule has 2 fully saturated rings. The molecule has 2 heterocycles. The minimum Gasteiger partial charge on any atom is -0.394 e. The highest BCUT2D eigenvalue weighted by Crippen LogP contribution is 2.28. The average Bonchev–Trinajstić information content (AvgIpc) is 2.55. The predicted octanol–water partition coefficient (Wildman–Crippen LogP) is -5.40. The Morgan fingerprint density at radius 1 is 0.652 bits per heavy atom.